The highest BCUT2D eigenvalue weighted by atomic mass is 16.5. The zero-order valence-corrected chi connectivity index (χ0v) is 26.3. The Balaban J connectivity index is 5.21. The molecule has 0 heterocycles. The van der Waals surface area contributed by atoms with Gasteiger partial charge in [0.15, 0.2) is 0 Å². The fourth-order valence-electron chi connectivity index (χ4n) is 4.91. The fourth-order valence-corrected chi connectivity index (χ4v) is 4.91. The molecule has 218 valence electrons. The van der Waals surface area contributed by atoms with Crippen molar-refractivity contribution in [2.75, 3.05) is 14.2 Å². The van der Waals surface area contributed by atoms with Crippen LogP contribution in [0.2, 0.25) is 0 Å². The van der Waals surface area contributed by atoms with Gasteiger partial charge in [0.25, 0.3) is 0 Å². The van der Waals surface area contributed by atoms with Crippen molar-refractivity contribution in [1.82, 2.24) is 0 Å². The first-order valence-corrected chi connectivity index (χ1v) is 14.7. The second-order valence-electron chi connectivity index (χ2n) is 11.6. The van der Waals surface area contributed by atoms with Crippen molar-refractivity contribution in [2.24, 2.45) is 23.7 Å². The summed E-state index contributed by atoms with van der Waals surface area (Å²) in [7, 11) is 2.91. The van der Waals surface area contributed by atoms with Crippen LogP contribution < -0.4 is 0 Å². The molecule has 0 N–H and O–H groups in total. The van der Waals surface area contributed by atoms with Gasteiger partial charge in [0, 0.05) is 12.8 Å². The molecule has 0 radical (unpaired) electrons. The number of hydrogen-bond acceptors (Lipinski definition) is 4. The van der Waals surface area contributed by atoms with Gasteiger partial charge in [0.2, 0.25) is 0 Å². The Bertz CT molecular complexity index is 738. The van der Waals surface area contributed by atoms with Crippen LogP contribution in [0.4, 0.5) is 0 Å². The van der Waals surface area contributed by atoms with Gasteiger partial charge in [0.1, 0.15) is 0 Å². The van der Waals surface area contributed by atoms with Gasteiger partial charge in [-0.1, -0.05) is 86.1 Å². The summed E-state index contributed by atoms with van der Waals surface area (Å²) in [6.45, 7) is 18.0. The maximum absolute atomic E-state index is 11.4. The normalized spacial score (nSPS) is 15.2. The third-order valence-corrected chi connectivity index (χ3v) is 7.53. The molecule has 0 aromatic heterocycles. The summed E-state index contributed by atoms with van der Waals surface area (Å²) in [5, 5.41) is 0. The third-order valence-electron chi connectivity index (χ3n) is 7.53. The summed E-state index contributed by atoms with van der Waals surface area (Å²) < 4.78 is 9.51. The minimum atomic E-state index is -0.113. The first-order chi connectivity index (χ1) is 17.9. The van der Waals surface area contributed by atoms with E-state index in [4.69, 9.17) is 9.47 Å². The number of esters is 2. The number of carbonyl (C=O) groups is 2. The minimum absolute atomic E-state index is 0.113. The molecule has 0 fully saturated rings. The Morgan fingerprint density at radius 1 is 0.553 bits per heavy atom. The number of methoxy groups -OCH3 is 2. The number of allylic oxidation sites excluding steroid dienone is 8. The standard InChI is InChI=1S/C34H58O4/c1-25(2)21-31(17-13-11-15-19-33(35)37-9)23-27(5)29(7)30(8)28(6)24-32(22-26(3)4)18-14-12-16-20-34(36)38-10/h21-24,29-32H,11-20H2,1-10H3. The largest absolute Gasteiger partial charge is 0.469 e. The van der Waals surface area contributed by atoms with Gasteiger partial charge in [-0.3, -0.25) is 9.59 Å². The third kappa shape index (κ3) is 17.4. The average Bonchev–Trinajstić information content (AvgIpc) is 2.85. The van der Waals surface area contributed by atoms with Crippen molar-refractivity contribution in [1.29, 1.82) is 0 Å². The highest BCUT2D eigenvalue weighted by Gasteiger charge is 2.18. The van der Waals surface area contributed by atoms with Gasteiger partial charge in [0.05, 0.1) is 14.2 Å². The molecule has 4 nitrogen and oxygen atoms in total. The van der Waals surface area contributed by atoms with Crippen LogP contribution in [-0.2, 0) is 19.1 Å². The van der Waals surface area contributed by atoms with E-state index in [2.05, 4.69) is 79.7 Å². The number of carbonyl (C=O) groups excluding carboxylic acids is 2. The molecule has 0 bridgehead atoms. The second-order valence-corrected chi connectivity index (χ2v) is 11.6. The number of rotatable bonds is 19. The molecule has 0 aromatic rings. The summed E-state index contributed by atoms with van der Waals surface area (Å²) in [4.78, 5) is 22.7. The summed E-state index contributed by atoms with van der Waals surface area (Å²) >= 11 is 0. The van der Waals surface area contributed by atoms with Crippen LogP contribution >= 0.6 is 0 Å². The van der Waals surface area contributed by atoms with E-state index in [1.54, 1.807) is 0 Å². The highest BCUT2D eigenvalue weighted by Crippen LogP contribution is 2.30. The number of hydrogen-bond donors (Lipinski definition) is 0. The molecule has 0 aliphatic rings. The average molecular weight is 531 g/mol. The summed E-state index contributed by atoms with van der Waals surface area (Å²) in [5.74, 6) is 1.56. The molecule has 0 aliphatic carbocycles. The number of ether oxygens (including phenoxy) is 2. The van der Waals surface area contributed by atoms with Gasteiger partial charge in [-0.05, 0) is 90.9 Å². The van der Waals surface area contributed by atoms with E-state index in [9.17, 15) is 9.59 Å². The van der Waals surface area contributed by atoms with Crippen LogP contribution in [0.15, 0.2) is 46.6 Å². The van der Waals surface area contributed by atoms with Gasteiger partial charge in [-0.25, -0.2) is 0 Å². The molecule has 4 unspecified atom stereocenters. The van der Waals surface area contributed by atoms with Gasteiger partial charge in [-0.15, -0.1) is 0 Å². The summed E-state index contributed by atoms with van der Waals surface area (Å²) in [6, 6.07) is 0. The van der Waals surface area contributed by atoms with Gasteiger partial charge in [-0.2, -0.15) is 0 Å². The van der Waals surface area contributed by atoms with E-state index < -0.39 is 0 Å². The molecular formula is C34H58O4. The van der Waals surface area contributed by atoms with Gasteiger partial charge < -0.3 is 9.47 Å². The molecule has 4 atom stereocenters. The zero-order chi connectivity index (χ0) is 29.1. The van der Waals surface area contributed by atoms with E-state index >= 15 is 0 Å². The minimum Gasteiger partial charge on any atom is -0.469 e. The molecule has 0 aromatic carbocycles. The van der Waals surface area contributed by atoms with Crippen molar-refractivity contribution in [2.45, 2.75) is 120 Å². The first-order valence-electron chi connectivity index (χ1n) is 14.7. The molecule has 4 heteroatoms. The van der Waals surface area contributed by atoms with E-state index in [-0.39, 0.29) is 11.9 Å². The van der Waals surface area contributed by atoms with Crippen molar-refractivity contribution < 1.29 is 19.1 Å². The Labute approximate surface area is 235 Å². The molecule has 0 spiro atoms. The quantitative estimate of drug-likeness (QED) is 0.0947. The molecule has 0 saturated carbocycles. The van der Waals surface area contributed by atoms with E-state index in [1.807, 2.05) is 0 Å². The van der Waals surface area contributed by atoms with E-state index in [0.717, 1.165) is 51.4 Å². The second kappa shape index (κ2) is 20.8. The van der Waals surface area contributed by atoms with Crippen molar-refractivity contribution in [3.8, 4) is 0 Å². The maximum Gasteiger partial charge on any atom is 0.305 e. The molecule has 0 amide bonds. The predicted octanol–water partition coefficient (Wildman–Crippen LogP) is 9.56. The predicted molar refractivity (Wildman–Crippen MR) is 162 cm³/mol. The SMILES string of the molecule is COC(=O)CCCCCC(C=C(C)C)C=C(C)C(C)C(C)C(C)=CC(C=C(C)C)CCCCCC(=O)OC. The smallest absolute Gasteiger partial charge is 0.305 e. The van der Waals surface area contributed by atoms with Crippen LogP contribution in [-0.4, -0.2) is 26.2 Å². The highest BCUT2D eigenvalue weighted by molar-refractivity contribution is 5.69. The Morgan fingerprint density at radius 3 is 1.18 bits per heavy atom. The first kappa shape index (κ1) is 35.9. The lowest BCUT2D eigenvalue weighted by atomic mass is 9.81. The molecule has 0 saturated heterocycles. The summed E-state index contributed by atoms with van der Waals surface area (Å²) in [5.41, 5.74) is 5.59. The van der Waals surface area contributed by atoms with Crippen molar-refractivity contribution in [3.05, 3.63) is 46.6 Å². The van der Waals surface area contributed by atoms with E-state index in [0.29, 0.717) is 36.5 Å². The van der Waals surface area contributed by atoms with Crippen LogP contribution in [0.25, 0.3) is 0 Å². The van der Waals surface area contributed by atoms with Crippen LogP contribution in [0.1, 0.15) is 120 Å². The van der Waals surface area contributed by atoms with E-state index in [1.165, 1.54) is 36.5 Å². The molecule has 0 rings (SSSR count). The molecule has 0 aliphatic heterocycles. The Morgan fingerprint density at radius 2 is 0.895 bits per heavy atom. The van der Waals surface area contributed by atoms with Crippen LogP contribution in [0.3, 0.4) is 0 Å². The van der Waals surface area contributed by atoms with Crippen LogP contribution in [0.5, 0.6) is 0 Å². The monoisotopic (exact) mass is 530 g/mol. The zero-order valence-electron chi connectivity index (χ0n) is 26.3. The fraction of sp³-hybridized carbons (Fsp3) is 0.706. The molecular weight excluding hydrogens is 472 g/mol. The Hall–Kier alpha value is -2.10. The van der Waals surface area contributed by atoms with Crippen molar-refractivity contribution >= 4 is 11.9 Å². The maximum atomic E-state index is 11.4. The lowest BCUT2D eigenvalue weighted by molar-refractivity contribution is -0.141. The molecule has 38 heavy (non-hydrogen) atoms. The van der Waals surface area contributed by atoms with Gasteiger partial charge >= 0.3 is 11.9 Å². The topological polar surface area (TPSA) is 52.6 Å². The lowest BCUT2D eigenvalue weighted by Gasteiger charge is -2.24. The lowest BCUT2D eigenvalue weighted by Crippen LogP contribution is -2.13. The van der Waals surface area contributed by atoms with Crippen LogP contribution in [0, 0.1) is 23.7 Å². The summed E-state index contributed by atoms with van der Waals surface area (Å²) in [6.07, 6.45) is 19.1. The Kier molecular flexibility index (Phi) is 19.7. The van der Waals surface area contributed by atoms with Crippen molar-refractivity contribution in [3.63, 3.8) is 0 Å². The number of unbranched alkanes of at least 4 members (excludes halogenated alkanes) is 4.